The van der Waals surface area contributed by atoms with E-state index in [1.807, 2.05) is 12.1 Å². The number of benzene rings is 1. The van der Waals surface area contributed by atoms with Gasteiger partial charge in [-0.05, 0) is 30.5 Å². The number of anilines is 1. The normalized spacial score (nSPS) is 16.4. The quantitative estimate of drug-likeness (QED) is 0.731. The fourth-order valence-electron chi connectivity index (χ4n) is 2.38. The average Bonchev–Trinajstić information content (AvgIpc) is 2.28. The Morgan fingerprint density at radius 1 is 1.16 bits per heavy atom. The number of carbonyl (C=O) groups is 2. The number of hydrogen-bond acceptors (Lipinski definition) is 3. The van der Waals surface area contributed by atoms with Gasteiger partial charge in [-0.2, -0.15) is 0 Å². The maximum atomic E-state index is 11.4. The molecule has 1 aliphatic rings. The highest BCUT2D eigenvalue weighted by Crippen LogP contribution is 2.44. The molecule has 3 N–H and O–H groups in total. The van der Waals surface area contributed by atoms with E-state index in [0.29, 0.717) is 19.4 Å². The minimum atomic E-state index is -0.844. The Hall–Kier alpha value is -2.04. The molecule has 1 aliphatic carbocycles. The maximum Gasteiger partial charge on any atom is 0.314 e. The molecule has 0 radical (unpaired) electrons. The number of carboxylic acids is 2. The van der Waals surface area contributed by atoms with Crippen LogP contribution in [0.5, 0.6) is 0 Å². The Balaban J connectivity index is 2.02. The zero-order valence-corrected chi connectivity index (χ0v) is 10.6. The van der Waals surface area contributed by atoms with Crippen molar-refractivity contribution in [1.82, 2.24) is 0 Å². The highest BCUT2D eigenvalue weighted by molar-refractivity contribution is 5.82. The molecular weight excluding hydrogens is 246 g/mol. The molecule has 19 heavy (non-hydrogen) atoms. The Bertz CT molecular complexity index is 477. The predicted molar refractivity (Wildman–Crippen MR) is 70.3 cm³/mol. The van der Waals surface area contributed by atoms with Gasteiger partial charge in [0, 0.05) is 12.2 Å². The Morgan fingerprint density at radius 3 is 2.21 bits per heavy atom. The van der Waals surface area contributed by atoms with E-state index in [1.165, 1.54) is 0 Å². The van der Waals surface area contributed by atoms with Crippen LogP contribution in [0.25, 0.3) is 0 Å². The van der Waals surface area contributed by atoms with E-state index in [2.05, 4.69) is 5.32 Å². The van der Waals surface area contributed by atoms with Gasteiger partial charge in [-0.3, -0.25) is 9.59 Å². The molecule has 0 unspecified atom stereocenters. The summed E-state index contributed by atoms with van der Waals surface area (Å²) in [5.41, 5.74) is 0.930. The molecule has 0 saturated heterocycles. The van der Waals surface area contributed by atoms with Crippen molar-refractivity contribution in [2.75, 3.05) is 11.9 Å². The van der Waals surface area contributed by atoms with Gasteiger partial charge in [0.1, 0.15) is 0 Å². The fraction of sp³-hybridized carbons (Fsp3) is 0.429. The molecule has 102 valence electrons. The van der Waals surface area contributed by atoms with Crippen LogP contribution >= 0.6 is 0 Å². The van der Waals surface area contributed by atoms with Gasteiger partial charge in [0.15, 0.2) is 0 Å². The topological polar surface area (TPSA) is 86.6 Å². The van der Waals surface area contributed by atoms with Gasteiger partial charge < -0.3 is 15.5 Å². The van der Waals surface area contributed by atoms with Crippen molar-refractivity contribution < 1.29 is 19.8 Å². The van der Waals surface area contributed by atoms with E-state index in [4.69, 9.17) is 5.11 Å². The lowest BCUT2D eigenvalue weighted by molar-refractivity contribution is -0.147. The summed E-state index contributed by atoms with van der Waals surface area (Å²) in [5, 5.41) is 20.9. The lowest BCUT2D eigenvalue weighted by Crippen LogP contribution is -2.42. The monoisotopic (exact) mass is 263 g/mol. The van der Waals surface area contributed by atoms with E-state index in [-0.39, 0.29) is 6.42 Å². The first-order chi connectivity index (χ1) is 9.04. The maximum absolute atomic E-state index is 11.4. The molecule has 5 nitrogen and oxygen atoms in total. The molecule has 0 bridgehead atoms. The van der Waals surface area contributed by atoms with Crippen LogP contribution in [0.3, 0.4) is 0 Å². The second-order valence-corrected chi connectivity index (χ2v) is 4.89. The van der Waals surface area contributed by atoms with Crippen molar-refractivity contribution in [2.24, 2.45) is 0 Å². The predicted octanol–water partition coefficient (Wildman–Crippen LogP) is 2.08. The third kappa shape index (κ3) is 2.70. The summed E-state index contributed by atoms with van der Waals surface area (Å²) in [6.45, 7) is 0.360. The van der Waals surface area contributed by atoms with Crippen LogP contribution < -0.4 is 5.32 Å². The van der Waals surface area contributed by atoms with Crippen LogP contribution in [0.4, 0.5) is 5.69 Å². The van der Waals surface area contributed by atoms with Crippen LogP contribution in [-0.2, 0) is 15.0 Å². The van der Waals surface area contributed by atoms with Crippen LogP contribution in [0.15, 0.2) is 24.3 Å². The first-order valence-electron chi connectivity index (χ1n) is 6.34. The van der Waals surface area contributed by atoms with Crippen molar-refractivity contribution >= 4 is 17.6 Å². The van der Waals surface area contributed by atoms with Crippen LogP contribution in [0.2, 0.25) is 0 Å². The standard InChI is InChI=1S/C14H17NO4/c16-12(17)6-9-15-11-4-2-10(3-5-11)14(13(18)19)7-1-8-14/h2-5,15H,1,6-9H2,(H,16,17)(H,18,19). The summed E-state index contributed by atoms with van der Waals surface area (Å²) in [6.07, 6.45) is 2.38. The largest absolute Gasteiger partial charge is 0.481 e. The third-order valence-electron chi connectivity index (χ3n) is 3.72. The number of nitrogens with one attached hydrogen (secondary N) is 1. The van der Waals surface area contributed by atoms with Crippen molar-refractivity contribution in [3.63, 3.8) is 0 Å². The molecular formula is C14H17NO4. The van der Waals surface area contributed by atoms with E-state index in [1.54, 1.807) is 12.1 Å². The smallest absolute Gasteiger partial charge is 0.314 e. The molecule has 0 aliphatic heterocycles. The molecule has 5 heteroatoms. The highest BCUT2D eigenvalue weighted by atomic mass is 16.4. The molecule has 0 heterocycles. The van der Waals surface area contributed by atoms with Crippen molar-refractivity contribution in [3.05, 3.63) is 29.8 Å². The van der Waals surface area contributed by atoms with E-state index >= 15 is 0 Å². The SMILES string of the molecule is O=C(O)CCNc1ccc(C2(C(=O)O)CCC2)cc1. The van der Waals surface area contributed by atoms with Gasteiger partial charge in [0.2, 0.25) is 0 Å². The summed E-state index contributed by atoms with van der Waals surface area (Å²) >= 11 is 0. The molecule has 1 fully saturated rings. The molecule has 1 aromatic carbocycles. The van der Waals surface area contributed by atoms with Gasteiger partial charge in [0.05, 0.1) is 11.8 Å². The minimum Gasteiger partial charge on any atom is -0.481 e. The molecule has 0 aromatic heterocycles. The van der Waals surface area contributed by atoms with Gasteiger partial charge in [0.25, 0.3) is 0 Å². The number of hydrogen-bond donors (Lipinski definition) is 3. The van der Waals surface area contributed by atoms with Crippen molar-refractivity contribution in [3.8, 4) is 0 Å². The third-order valence-corrected chi connectivity index (χ3v) is 3.72. The Kier molecular flexibility index (Phi) is 3.74. The zero-order valence-electron chi connectivity index (χ0n) is 10.6. The van der Waals surface area contributed by atoms with Gasteiger partial charge in [-0.25, -0.2) is 0 Å². The number of rotatable bonds is 6. The highest BCUT2D eigenvalue weighted by Gasteiger charge is 2.45. The van der Waals surface area contributed by atoms with Gasteiger partial charge in [-0.1, -0.05) is 18.6 Å². The molecule has 1 saturated carbocycles. The lowest BCUT2D eigenvalue weighted by Gasteiger charge is -2.38. The second-order valence-electron chi connectivity index (χ2n) is 4.89. The molecule has 0 amide bonds. The molecule has 2 rings (SSSR count). The van der Waals surface area contributed by atoms with E-state index < -0.39 is 17.4 Å². The Morgan fingerprint density at radius 2 is 1.79 bits per heavy atom. The summed E-state index contributed by atoms with van der Waals surface area (Å²) in [7, 11) is 0. The van der Waals surface area contributed by atoms with Gasteiger partial charge in [-0.15, -0.1) is 0 Å². The summed E-state index contributed by atoms with van der Waals surface area (Å²) in [5.74, 6) is -1.60. The van der Waals surface area contributed by atoms with Crippen LogP contribution in [-0.4, -0.2) is 28.7 Å². The number of aliphatic carboxylic acids is 2. The van der Waals surface area contributed by atoms with Gasteiger partial charge >= 0.3 is 11.9 Å². The minimum absolute atomic E-state index is 0.0564. The van der Waals surface area contributed by atoms with E-state index in [9.17, 15) is 14.7 Å². The summed E-state index contributed by atoms with van der Waals surface area (Å²) in [6, 6.07) is 7.24. The Labute approximate surface area is 111 Å². The van der Waals surface area contributed by atoms with Crippen molar-refractivity contribution in [2.45, 2.75) is 31.1 Å². The van der Waals surface area contributed by atoms with Crippen molar-refractivity contribution in [1.29, 1.82) is 0 Å². The zero-order chi connectivity index (χ0) is 13.9. The number of carboxylic acid groups (broad SMARTS) is 2. The first kappa shape index (κ1) is 13.4. The van der Waals surface area contributed by atoms with Crippen LogP contribution in [0.1, 0.15) is 31.2 Å². The van der Waals surface area contributed by atoms with E-state index in [0.717, 1.165) is 17.7 Å². The first-order valence-corrected chi connectivity index (χ1v) is 6.34. The molecule has 0 atom stereocenters. The summed E-state index contributed by atoms with van der Waals surface area (Å²) in [4.78, 5) is 21.7. The fourth-order valence-corrected chi connectivity index (χ4v) is 2.38. The lowest BCUT2D eigenvalue weighted by atomic mass is 9.64. The second kappa shape index (κ2) is 5.30. The summed E-state index contributed by atoms with van der Waals surface area (Å²) < 4.78 is 0. The van der Waals surface area contributed by atoms with Crippen LogP contribution in [0, 0.1) is 0 Å². The average molecular weight is 263 g/mol. The molecule has 1 aromatic rings. The molecule has 0 spiro atoms.